The first kappa shape index (κ1) is 9.20. The zero-order valence-electron chi connectivity index (χ0n) is 7.47. The van der Waals surface area contributed by atoms with Gasteiger partial charge in [0, 0.05) is 7.05 Å². The molecule has 1 atom stereocenters. The molecule has 14 heavy (non-hydrogen) atoms. The van der Waals surface area contributed by atoms with Crippen molar-refractivity contribution >= 4 is 5.91 Å². The monoisotopic (exact) mass is 198 g/mol. The molecule has 0 saturated carbocycles. The molecule has 1 aliphatic heterocycles. The Labute approximate surface area is 79.7 Å². The summed E-state index contributed by atoms with van der Waals surface area (Å²) in [5.74, 6) is -2.96. The van der Waals surface area contributed by atoms with Gasteiger partial charge in [-0.2, -0.15) is 0 Å². The summed E-state index contributed by atoms with van der Waals surface area (Å²) in [7, 11) is 1.41. The van der Waals surface area contributed by atoms with Gasteiger partial charge in [-0.05, 0) is 12.1 Å². The van der Waals surface area contributed by atoms with Crippen molar-refractivity contribution < 1.29 is 19.4 Å². The number of nitrogens with one attached hydrogen (secondary N) is 1. The molecule has 76 valence electrons. The summed E-state index contributed by atoms with van der Waals surface area (Å²) < 4.78 is 4.99. The molecule has 0 aromatic carbocycles. The summed E-state index contributed by atoms with van der Waals surface area (Å²) in [6.45, 7) is 0. The average molecular weight is 198 g/mol. The Kier molecular flexibility index (Phi) is 1.84. The van der Waals surface area contributed by atoms with E-state index in [0.29, 0.717) is 5.76 Å². The fraction of sp³-hybridized carbons (Fsp3) is 0.375. The lowest BCUT2D eigenvalue weighted by Crippen LogP contribution is -2.41. The van der Waals surface area contributed by atoms with Gasteiger partial charge in [0.15, 0.2) is 0 Å². The molecule has 0 radical (unpaired) electrons. The molecule has 1 aromatic heterocycles. The van der Waals surface area contributed by atoms with Crippen LogP contribution < -0.4 is 5.43 Å². The van der Waals surface area contributed by atoms with Gasteiger partial charge in [0.05, 0.1) is 6.26 Å². The van der Waals surface area contributed by atoms with Crippen molar-refractivity contribution in [2.75, 3.05) is 7.05 Å². The molecule has 0 spiro atoms. The molecule has 0 aliphatic carbocycles. The first-order valence-electron chi connectivity index (χ1n) is 4.06. The van der Waals surface area contributed by atoms with E-state index in [4.69, 9.17) is 4.42 Å². The van der Waals surface area contributed by atoms with Gasteiger partial charge >= 0.3 is 0 Å². The minimum atomic E-state index is -2.45. The molecular weight excluding hydrogens is 188 g/mol. The average Bonchev–Trinajstić information content (AvgIpc) is 2.69. The zero-order chi connectivity index (χ0) is 10.3. The molecule has 1 unspecified atom stereocenters. The van der Waals surface area contributed by atoms with Crippen LogP contribution in [0.5, 0.6) is 0 Å². The predicted octanol–water partition coefficient (Wildman–Crippen LogP) is -1.02. The first-order chi connectivity index (χ1) is 6.53. The first-order valence-corrected chi connectivity index (χ1v) is 4.06. The highest BCUT2D eigenvalue weighted by Crippen LogP contribution is 2.30. The largest absolute Gasteiger partial charge is 0.467 e. The molecule has 1 saturated heterocycles. The molecule has 6 heteroatoms. The molecule has 6 nitrogen and oxygen atoms in total. The third kappa shape index (κ3) is 1.12. The highest BCUT2D eigenvalue weighted by molar-refractivity contribution is 5.85. The van der Waals surface area contributed by atoms with Crippen LogP contribution in [0.1, 0.15) is 11.8 Å². The number of amides is 1. The van der Waals surface area contributed by atoms with Crippen molar-refractivity contribution in [1.29, 1.82) is 0 Å². The van der Waals surface area contributed by atoms with Gasteiger partial charge in [-0.15, -0.1) is 0 Å². The number of hydrogen-bond donors (Lipinski definition) is 3. The second-order valence-electron chi connectivity index (χ2n) is 3.17. The van der Waals surface area contributed by atoms with Gasteiger partial charge in [-0.3, -0.25) is 9.80 Å². The molecule has 1 aromatic rings. The van der Waals surface area contributed by atoms with Crippen LogP contribution in [0.2, 0.25) is 0 Å². The van der Waals surface area contributed by atoms with Crippen LogP contribution in [0.15, 0.2) is 22.8 Å². The second-order valence-corrected chi connectivity index (χ2v) is 3.17. The highest BCUT2D eigenvalue weighted by Gasteiger charge is 2.53. The van der Waals surface area contributed by atoms with Gasteiger partial charge in [0.1, 0.15) is 11.8 Å². The van der Waals surface area contributed by atoms with Gasteiger partial charge in [0.25, 0.3) is 11.7 Å². The lowest BCUT2D eigenvalue weighted by Gasteiger charge is -2.17. The molecule has 3 N–H and O–H groups in total. The topological polar surface area (TPSA) is 85.9 Å². The van der Waals surface area contributed by atoms with E-state index in [2.05, 4.69) is 5.43 Å². The van der Waals surface area contributed by atoms with Gasteiger partial charge in [0.2, 0.25) is 0 Å². The molecule has 2 heterocycles. The minimum Gasteiger partial charge on any atom is -0.467 e. The molecule has 1 fully saturated rings. The van der Waals surface area contributed by atoms with Crippen LogP contribution in [0.25, 0.3) is 0 Å². The number of hydrogen-bond acceptors (Lipinski definition) is 5. The van der Waals surface area contributed by atoms with Gasteiger partial charge in [-0.25, -0.2) is 5.43 Å². The Morgan fingerprint density at radius 2 is 2.36 bits per heavy atom. The van der Waals surface area contributed by atoms with E-state index >= 15 is 0 Å². The van der Waals surface area contributed by atoms with Gasteiger partial charge in [-0.1, -0.05) is 0 Å². The zero-order valence-corrected chi connectivity index (χ0v) is 7.47. The number of hydrazine groups is 1. The fourth-order valence-electron chi connectivity index (χ4n) is 1.43. The maximum atomic E-state index is 11.3. The van der Waals surface area contributed by atoms with E-state index in [9.17, 15) is 15.0 Å². The van der Waals surface area contributed by atoms with E-state index in [1.165, 1.54) is 13.3 Å². The van der Waals surface area contributed by atoms with Crippen LogP contribution in [0.4, 0.5) is 0 Å². The Hall–Kier alpha value is -1.37. The molecule has 1 aliphatic rings. The normalized spacial score (nSPS) is 25.8. The Morgan fingerprint density at radius 3 is 2.79 bits per heavy atom. The van der Waals surface area contributed by atoms with Gasteiger partial charge < -0.3 is 14.6 Å². The lowest BCUT2D eigenvalue weighted by atomic mass is 10.1. The summed E-state index contributed by atoms with van der Waals surface area (Å²) in [5, 5.41) is 20.0. The number of aliphatic hydroxyl groups is 2. The SMILES string of the molecule is CN1NC(c2ccco2)C(O)(O)C1=O. The van der Waals surface area contributed by atoms with E-state index in [0.717, 1.165) is 5.01 Å². The second kappa shape index (κ2) is 2.81. The van der Waals surface area contributed by atoms with Crippen LogP contribution in [-0.4, -0.2) is 34.0 Å². The van der Waals surface area contributed by atoms with Crippen molar-refractivity contribution in [1.82, 2.24) is 10.4 Å². The summed E-state index contributed by atoms with van der Waals surface area (Å²) in [6, 6.07) is 2.20. The highest BCUT2D eigenvalue weighted by atomic mass is 16.5. The van der Waals surface area contributed by atoms with E-state index in [1.807, 2.05) is 0 Å². The Morgan fingerprint density at radius 1 is 1.64 bits per heavy atom. The van der Waals surface area contributed by atoms with Crippen LogP contribution in [0.3, 0.4) is 0 Å². The smallest absolute Gasteiger partial charge is 0.298 e. The van der Waals surface area contributed by atoms with E-state index in [-0.39, 0.29) is 0 Å². The van der Waals surface area contributed by atoms with Crippen molar-refractivity contribution in [2.45, 2.75) is 11.8 Å². The molecule has 1 amide bonds. The standard InChI is InChI=1S/C8H10N2O4/c1-10-7(11)8(12,13)6(9-10)5-3-2-4-14-5/h2-4,6,9,12-13H,1H3. The molecule has 2 rings (SSSR count). The van der Waals surface area contributed by atoms with Crippen LogP contribution in [0, 0.1) is 0 Å². The minimum absolute atomic E-state index is 0.299. The maximum Gasteiger partial charge on any atom is 0.298 e. The van der Waals surface area contributed by atoms with Crippen LogP contribution >= 0.6 is 0 Å². The molecule has 0 bridgehead atoms. The number of carbonyl (C=O) groups is 1. The van der Waals surface area contributed by atoms with Crippen molar-refractivity contribution in [3.63, 3.8) is 0 Å². The summed E-state index contributed by atoms with van der Waals surface area (Å²) in [5.41, 5.74) is 2.59. The third-order valence-electron chi connectivity index (χ3n) is 2.17. The Balaban J connectivity index is 2.35. The summed E-state index contributed by atoms with van der Waals surface area (Å²) in [6.07, 6.45) is 1.40. The Bertz CT molecular complexity index is 346. The van der Waals surface area contributed by atoms with Crippen molar-refractivity contribution in [3.8, 4) is 0 Å². The quantitative estimate of drug-likeness (QED) is 0.503. The lowest BCUT2D eigenvalue weighted by molar-refractivity contribution is -0.187. The predicted molar refractivity (Wildman–Crippen MR) is 44.5 cm³/mol. The maximum absolute atomic E-state index is 11.3. The summed E-state index contributed by atoms with van der Waals surface area (Å²) in [4.78, 5) is 11.3. The van der Waals surface area contributed by atoms with Crippen molar-refractivity contribution in [2.24, 2.45) is 0 Å². The number of carbonyl (C=O) groups excluding carboxylic acids is 1. The van der Waals surface area contributed by atoms with E-state index in [1.54, 1.807) is 12.1 Å². The number of likely N-dealkylation sites (N-methyl/N-ethyl adjacent to an activating group) is 1. The van der Waals surface area contributed by atoms with Crippen molar-refractivity contribution in [3.05, 3.63) is 24.2 Å². The summed E-state index contributed by atoms with van der Waals surface area (Å²) >= 11 is 0. The number of rotatable bonds is 1. The fourth-order valence-corrected chi connectivity index (χ4v) is 1.43. The molecular formula is C8H10N2O4. The van der Waals surface area contributed by atoms with E-state index < -0.39 is 17.7 Å². The third-order valence-corrected chi connectivity index (χ3v) is 2.17. The number of nitrogens with zero attached hydrogens (tertiary/aromatic N) is 1. The number of furan rings is 1. The van der Waals surface area contributed by atoms with Crippen LogP contribution in [-0.2, 0) is 4.79 Å².